The molecule has 0 unspecified atom stereocenters. The van der Waals surface area contributed by atoms with Crippen LogP contribution in [0.1, 0.15) is 13.3 Å². The molecule has 0 saturated carbocycles. The third-order valence-electron chi connectivity index (χ3n) is 3.43. The zero-order valence-electron chi connectivity index (χ0n) is 11.7. The Kier molecular flexibility index (Phi) is 3.72. The summed E-state index contributed by atoms with van der Waals surface area (Å²) >= 11 is 0. The van der Waals surface area contributed by atoms with Crippen molar-refractivity contribution < 1.29 is 4.74 Å². The van der Waals surface area contributed by atoms with Crippen LogP contribution < -0.4 is 4.74 Å². The van der Waals surface area contributed by atoms with Gasteiger partial charge in [-0.05, 0) is 37.6 Å². The maximum atomic E-state index is 5.53. The van der Waals surface area contributed by atoms with Crippen molar-refractivity contribution in [3.8, 4) is 5.75 Å². The number of aryl methyl sites for hydroxylation is 2. The topological polar surface area (TPSA) is 32.0 Å². The maximum Gasteiger partial charge on any atom is 0.120 e. The Balaban J connectivity index is 1.69. The summed E-state index contributed by atoms with van der Waals surface area (Å²) in [7, 11) is 0. The van der Waals surface area contributed by atoms with Gasteiger partial charge in [-0.25, -0.2) is 4.98 Å². The maximum absolute atomic E-state index is 5.53. The van der Waals surface area contributed by atoms with Crippen molar-refractivity contribution in [2.24, 2.45) is 0 Å². The van der Waals surface area contributed by atoms with Crippen LogP contribution in [0.2, 0.25) is 0 Å². The van der Waals surface area contributed by atoms with Crippen LogP contribution in [0.5, 0.6) is 5.75 Å². The van der Waals surface area contributed by atoms with Gasteiger partial charge < -0.3 is 13.9 Å². The third-order valence-corrected chi connectivity index (χ3v) is 3.43. The molecule has 4 nitrogen and oxygen atoms in total. The fourth-order valence-electron chi connectivity index (χ4n) is 2.47. The number of aromatic nitrogens is 3. The lowest BCUT2D eigenvalue weighted by molar-refractivity contribution is 0.340. The minimum absolute atomic E-state index is 0.705. The zero-order chi connectivity index (χ0) is 13.8. The normalized spacial score (nSPS) is 11.1. The lowest BCUT2D eigenvalue weighted by Crippen LogP contribution is -2.01. The van der Waals surface area contributed by atoms with Crippen molar-refractivity contribution in [3.63, 3.8) is 0 Å². The quantitative estimate of drug-likeness (QED) is 0.687. The molecule has 20 heavy (non-hydrogen) atoms. The number of fused-ring (bicyclic) bond motifs is 1. The van der Waals surface area contributed by atoms with Gasteiger partial charge in [0.15, 0.2) is 0 Å². The number of nitrogens with zero attached hydrogens (tertiary/aromatic N) is 3. The van der Waals surface area contributed by atoms with Crippen LogP contribution in [-0.4, -0.2) is 20.7 Å². The summed E-state index contributed by atoms with van der Waals surface area (Å²) in [5.41, 5.74) is 1.26. The molecular formula is C16H19N3O. The van der Waals surface area contributed by atoms with Crippen molar-refractivity contribution in [2.75, 3.05) is 6.61 Å². The smallest absolute Gasteiger partial charge is 0.120 e. The summed E-state index contributed by atoms with van der Waals surface area (Å²) in [6.07, 6.45) is 8.92. The van der Waals surface area contributed by atoms with E-state index in [-0.39, 0.29) is 0 Å². The summed E-state index contributed by atoms with van der Waals surface area (Å²) in [6, 6.07) is 8.43. The van der Waals surface area contributed by atoms with Gasteiger partial charge in [0.2, 0.25) is 0 Å². The van der Waals surface area contributed by atoms with Gasteiger partial charge >= 0.3 is 0 Å². The molecule has 0 N–H and O–H groups in total. The molecule has 0 aliphatic heterocycles. The van der Waals surface area contributed by atoms with Crippen LogP contribution in [0, 0.1) is 0 Å². The van der Waals surface area contributed by atoms with E-state index >= 15 is 0 Å². The van der Waals surface area contributed by atoms with Crippen LogP contribution in [0.3, 0.4) is 0 Å². The minimum Gasteiger partial charge on any atom is -0.494 e. The SMILES string of the molecule is CCOc1ccc2c(ccn2CCCn2ccnc2)c1. The number of rotatable bonds is 6. The van der Waals surface area contributed by atoms with E-state index in [9.17, 15) is 0 Å². The van der Waals surface area contributed by atoms with Crippen molar-refractivity contribution >= 4 is 10.9 Å². The molecule has 0 saturated heterocycles. The van der Waals surface area contributed by atoms with E-state index < -0.39 is 0 Å². The van der Waals surface area contributed by atoms with Crippen LogP contribution in [0.25, 0.3) is 10.9 Å². The monoisotopic (exact) mass is 269 g/mol. The van der Waals surface area contributed by atoms with Gasteiger partial charge in [0.05, 0.1) is 12.9 Å². The Morgan fingerprint density at radius 1 is 1.15 bits per heavy atom. The largest absolute Gasteiger partial charge is 0.494 e. The average molecular weight is 269 g/mol. The highest BCUT2D eigenvalue weighted by Crippen LogP contribution is 2.22. The Labute approximate surface area is 118 Å². The Morgan fingerprint density at radius 2 is 2.10 bits per heavy atom. The van der Waals surface area contributed by atoms with Crippen LogP contribution in [-0.2, 0) is 13.1 Å². The molecule has 3 aromatic rings. The zero-order valence-corrected chi connectivity index (χ0v) is 11.7. The summed E-state index contributed by atoms with van der Waals surface area (Å²) in [5, 5.41) is 1.23. The molecule has 0 spiro atoms. The number of imidazole rings is 1. The fraction of sp³-hybridized carbons (Fsp3) is 0.312. The molecular weight excluding hydrogens is 250 g/mol. The standard InChI is InChI=1S/C16H19N3O/c1-2-20-15-4-5-16-14(12-15)6-10-19(16)9-3-8-18-11-7-17-13-18/h4-7,10-13H,2-3,8-9H2,1H3. The van der Waals surface area contributed by atoms with E-state index in [0.29, 0.717) is 6.61 Å². The first kappa shape index (κ1) is 12.8. The molecule has 0 atom stereocenters. The van der Waals surface area contributed by atoms with Gasteiger partial charge in [-0.3, -0.25) is 0 Å². The highest BCUT2D eigenvalue weighted by atomic mass is 16.5. The average Bonchev–Trinajstić information content (AvgIpc) is 3.09. The lowest BCUT2D eigenvalue weighted by Gasteiger charge is -2.07. The summed E-state index contributed by atoms with van der Waals surface area (Å²) in [4.78, 5) is 4.06. The molecule has 0 aliphatic rings. The second-order valence-electron chi connectivity index (χ2n) is 4.82. The van der Waals surface area contributed by atoms with Gasteiger partial charge in [0.1, 0.15) is 5.75 Å². The molecule has 2 heterocycles. The van der Waals surface area contributed by atoms with Gasteiger partial charge in [-0.15, -0.1) is 0 Å². The number of benzene rings is 1. The van der Waals surface area contributed by atoms with Crippen molar-refractivity contribution in [1.29, 1.82) is 0 Å². The fourth-order valence-corrected chi connectivity index (χ4v) is 2.47. The number of hydrogen-bond acceptors (Lipinski definition) is 2. The highest BCUT2D eigenvalue weighted by Gasteiger charge is 2.02. The van der Waals surface area contributed by atoms with E-state index in [1.807, 2.05) is 31.7 Å². The van der Waals surface area contributed by atoms with Crippen LogP contribution in [0.15, 0.2) is 49.2 Å². The summed E-state index contributed by atoms with van der Waals surface area (Å²) < 4.78 is 9.94. The van der Waals surface area contributed by atoms with Crippen molar-refractivity contribution in [2.45, 2.75) is 26.4 Å². The molecule has 2 aromatic heterocycles. The first-order valence-electron chi connectivity index (χ1n) is 7.04. The van der Waals surface area contributed by atoms with Crippen molar-refractivity contribution in [1.82, 2.24) is 14.1 Å². The number of hydrogen-bond donors (Lipinski definition) is 0. The molecule has 0 amide bonds. The van der Waals surface area contributed by atoms with E-state index in [1.54, 1.807) is 0 Å². The van der Waals surface area contributed by atoms with Gasteiger partial charge in [-0.1, -0.05) is 0 Å². The predicted octanol–water partition coefficient (Wildman–Crippen LogP) is 3.33. The first-order valence-corrected chi connectivity index (χ1v) is 7.04. The van der Waals surface area contributed by atoms with Crippen molar-refractivity contribution in [3.05, 3.63) is 49.2 Å². The van der Waals surface area contributed by atoms with E-state index in [4.69, 9.17) is 4.74 Å². The summed E-state index contributed by atoms with van der Waals surface area (Å²) in [6.45, 7) is 4.72. The molecule has 3 rings (SSSR count). The minimum atomic E-state index is 0.705. The second-order valence-corrected chi connectivity index (χ2v) is 4.82. The third kappa shape index (κ3) is 2.69. The second kappa shape index (κ2) is 5.82. The first-order chi connectivity index (χ1) is 9.86. The summed E-state index contributed by atoms with van der Waals surface area (Å²) in [5.74, 6) is 0.941. The molecule has 104 valence electrons. The molecule has 0 aliphatic carbocycles. The molecule has 0 fully saturated rings. The predicted molar refractivity (Wildman–Crippen MR) is 80.0 cm³/mol. The molecule has 0 bridgehead atoms. The van der Waals surface area contributed by atoms with E-state index in [1.165, 1.54) is 10.9 Å². The van der Waals surface area contributed by atoms with Crippen LogP contribution >= 0.6 is 0 Å². The molecule has 1 aromatic carbocycles. The Hall–Kier alpha value is -2.23. The van der Waals surface area contributed by atoms with Gasteiger partial charge in [-0.2, -0.15) is 0 Å². The van der Waals surface area contributed by atoms with Crippen LogP contribution in [0.4, 0.5) is 0 Å². The van der Waals surface area contributed by atoms with Gasteiger partial charge in [0.25, 0.3) is 0 Å². The van der Waals surface area contributed by atoms with E-state index in [0.717, 1.165) is 25.3 Å². The lowest BCUT2D eigenvalue weighted by atomic mass is 10.2. The Bertz CT molecular complexity index is 670. The van der Waals surface area contributed by atoms with E-state index in [2.05, 4.69) is 38.5 Å². The molecule has 0 radical (unpaired) electrons. The Morgan fingerprint density at radius 3 is 2.90 bits per heavy atom. The number of ether oxygens (including phenoxy) is 1. The highest BCUT2D eigenvalue weighted by molar-refractivity contribution is 5.81. The van der Waals surface area contributed by atoms with Gasteiger partial charge in [0, 0.05) is 42.6 Å². The molecule has 4 heteroatoms.